The first-order chi connectivity index (χ1) is 16.8. The number of carbonyl (C=O) groups is 3. The fourth-order valence-electron chi connectivity index (χ4n) is 4.21. The lowest BCUT2D eigenvalue weighted by Gasteiger charge is -2.24. The van der Waals surface area contributed by atoms with Gasteiger partial charge in [0.15, 0.2) is 0 Å². The minimum atomic E-state index is -0.965. The fraction of sp³-hybridized carbons (Fsp3) is 0.250. The Bertz CT molecular complexity index is 1200. The van der Waals surface area contributed by atoms with E-state index in [0.29, 0.717) is 30.3 Å². The first-order valence-electron chi connectivity index (χ1n) is 11.7. The molecule has 180 valence electrons. The predicted octanol–water partition coefficient (Wildman–Crippen LogP) is 5.81. The van der Waals surface area contributed by atoms with Gasteiger partial charge in [-0.2, -0.15) is 0 Å². The van der Waals surface area contributed by atoms with Crippen LogP contribution in [0.4, 0.5) is 16.2 Å². The highest BCUT2D eigenvalue weighted by Gasteiger charge is 2.34. The van der Waals surface area contributed by atoms with Crippen LogP contribution < -0.4 is 10.6 Å². The molecule has 0 radical (unpaired) electrons. The zero-order valence-corrected chi connectivity index (χ0v) is 19.8. The third-order valence-corrected chi connectivity index (χ3v) is 6.26. The molecule has 1 aliphatic heterocycles. The zero-order chi connectivity index (χ0) is 24.9. The van der Waals surface area contributed by atoms with Crippen LogP contribution in [0.2, 0.25) is 0 Å². The van der Waals surface area contributed by atoms with Crippen LogP contribution >= 0.6 is 0 Å². The van der Waals surface area contributed by atoms with Gasteiger partial charge in [-0.3, -0.25) is 4.79 Å². The summed E-state index contributed by atoms with van der Waals surface area (Å²) in [5.74, 6) is -0.766. The number of nitrogens with one attached hydrogen (secondary N) is 2. The maximum atomic E-state index is 13.0. The van der Waals surface area contributed by atoms with Gasteiger partial charge in [0.1, 0.15) is 6.04 Å². The number of urea groups is 1. The van der Waals surface area contributed by atoms with E-state index in [0.717, 1.165) is 17.5 Å². The Morgan fingerprint density at radius 2 is 1.37 bits per heavy atom. The summed E-state index contributed by atoms with van der Waals surface area (Å²) in [5.41, 5.74) is 4.56. The van der Waals surface area contributed by atoms with Gasteiger partial charge in [-0.15, -0.1) is 0 Å². The monoisotopic (exact) mass is 471 g/mol. The zero-order valence-electron chi connectivity index (χ0n) is 19.8. The van der Waals surface area contributed by atoms with Gasteiger partial charge in [-0.05, 0) is 71.8 Å². The second-order valence-corrected chi connectivity index (χ2v) is 9.01. The van der Waals surface area contributed by atoms with Crippen LogP contribution in [0.5, 0.6) is 0 Å². The highest BCUT2D eigenvalue weighted by molar-refractivity contribution is 5.99. The molecule has 1 aliphatic rings. The lowest BCUT2D eigenvalue weighted by molar-refractivity contribution is -0.119. The number of carboxylic acid groups (broad SMARTS) is 1. The molecular weight excluding hydrogens is 442 g/mol. The first-order valence-corrected chi connectivity index (χ1v) is 11.7. The molecule has 0 unspecified atom stereocenters. The van der Waals surface area contributed by atoms with Gasteiger partial charge in [0.05, 0.1) is 5.56 Å². The van der Waals surface area contributed by atoms with E-state index in [1.807, 2.05) is 36.4 Å². The summed E-state index contributed by atoms with van der Waals surface area (Å²) >= 11 is 0. The lowest BCUT2D eigenvalue weighted by Crippen LogP contribution is -2.45. The summed E-state index contributed by atoms with van der Waals surface area (Å²) < 4.78 is 0. The van der Waals surface area contributed by atoms with Crippen molar-refractivity contribution < 1.29 is 19.5 Å². The number of nitrogens with zero attached hydrogens (tertiary/aromatic N) is 1. The molecule has 3 aromatic rings. The molecule has 1 heterocycles. The number of carbonyl (C=O) groups excluding carboxylic acids is 2. The molecule has 0 saturated carbocycles. The van der Waals surface area contributed by atoms with E-state index in [9.17, 15) is 14.4 Å². The summed E-state index contributed by atoms with van der Waals surface area (Å²) in [6.45, 7) is 4.76. The van der Waals surface area contributed by atoms with E-state index >= 15 is 0 Å². The molecule has 0 aromatic heterocycles. The summed E-state index contributed by atoms with van der Waals surface area (Å²) in [6.07, 6.45) is 1.38. The van der Waals surface area contributed by atoms with Crippen molar-refractivity contribution in [3.8, 4) is 11.1 Å². The standard InChI is InChI=1S/C28H29N3O4/c1-18(2)19-9-13-24(14-10-19)30-28(35)31-17-3-4-25(31)26(32)29-23-15-11-21(12-16-23)20-5-7-22(8-6-20)27(33)34/h5-16,18,25H,3-4,17H2,1-2H3,(H,29,32)(H,30,35)(H,33,34)/t25-/m1/s1. The molecular formula is C28H29N3O4. The van der Waals surface area contributed by atoms with Crippen molar-refractivity contribution in [1.29, 1.82) is 0 Å². The highest BCUT2D eigenvalue weighted by Crippen LogP contribution is 2.24. The van der Waals surface area contributed by atoms with E-state index in [1.165, 1.54) is 5.56 Å². The SMILES string of the molecule is CC(C)c1ccc(NC(=O)N2CCC[C@@H]2C(=O)Nc2ccc(-c3ccc(C(=O)O)cc3)cc2)cc1. The lowest BCUT2D eigenvalue weighted by atomic mass is 10.0. The molecule has 0 bridgehead atoms. The van der Waals surface area contributed by atoms with E-state index in [4.69, 9.17) is 5.11 Å². The van der Waals surface area contributed by atoms with Crippen LogP contribution in [0.3, 0.4) is 0 Å². The minimum absolute atomic E-state index is 0.216. The topological polar surface area (TPSA) is 98.7 Å². The third-order valence-electron chi connectivity index (χ3n) is 6.26. The molecule has 3 N–H and O–H groups in total. The van der Waals surface area contributed by atoms with Crippen molar-refractivity contribution in [2.45, 2.75) is 38.6 Å². The van der Waals surface area contributed by atoms with E-state index in [-0.39, 0.29) is 17.5 Å². The fourth-order valence-corrected chi connectivity index (χ4v) is 4.21. The number of amides is 3. The van der Waals surface area contributed by atoms with Gasteiger partial charge >= 0.3 is 12.0 Å². The van der Waals surface area contributed by atoms with E-state index < -0.39 is 12.0 Å². The molecule has 3 amide bonds. The summed E-state index contributed by atoms with van der Waals surface area (Å²) in [6, 6.07) is 20.9. The molecule has 4 rings (SSSR count). The molecule has 1 saturated heterocycles. The minimum Gasteiger partial charge on any atom is -0.478 e. The first kappa shape index (κ1) is 24.0. The van der Waals surface area contributed by atoms with Crippen LogP contribution in [-0.4, -0.2) is 40.5 Å². The Morgan fingerprint density at radius 3 is 1.94 bits per heavy atom. The molecule has 35 heavy (non-hydrogen) atoms. The Labute approximate surface area is 204 Å². The number of rotatable bonds is 6. The molecule has 1 atom stereocenters. The van der Waals surface area contributed by atoms with Crippen molar-refractivity contribution in [3.63, 3.8) is 0 Å². The number of aromatic carboxylic acids is 1. The van der Waals surface area contributed by atoms with Gasteiger partial charge in [0, 0.05) is 17.9 Å². The number of hydrogen-bond acceptors (Lipinski definition) is 3. The third kappa shape index (κ3) is 5.69. The Hall–Kier alpha value is -4.13. The van der Waals surface area contributed by atoms with Gasteiger partial charge < -0.3 is 20.6 Å². The summed E-state index contributed by atoms with van der Waals surface area (Å²) in [4.78, 5) is 38.5. The predicted molar refractivity (Wildman–Crippen MR) is 137 cm³/mol. The van der Waals surface area contributed by atoms with Gasteiger partial charge in [0.2, 0.25) is 5.91 Å². The average molecular weight is 472 g/mol. The summed E-state index contributed by atoms with van der Waals surface area (Å²) in [5, 5.41) is 14.9. The maximum Gasteiger partial charge on any atom is 0.335 e. The summed E-state index contributed by atoms with van der Waals surface area (Å²) in [7, 11) is 0. The Kier molecular flexibility index (Phi) is 7.15. The maximum absolute atomic E-state index is 13.0. The van der Waals surface area contributed by atoms with Crippen LogP contribution in [0.25, 0.3) is 11.1 Å². The Balaban J connectivity index is 1.37. The molecule has 0 spiro atoms. The largest absolute Gasteiger partial charge is 0.478 e. The van der Waals surface area contributed by atoms with E-state index in [2.05, 4.69) is 24.5 Å². The van der Waals surface area contributed by atoms with Crippen LogP contribution in [0.1, 0.15) is 48.5 Å². The van der Waals surface area contributed by atoms with Crippen LogP contribution in [-0.2, 0) is 4.79 Å². The smallest absolute Gasteiger partial charge is 0.335 e. The van der Waals surface area contributed by atoms with Gasteiger partial charge in [0.25, 0.3) is 0 Å². The number of benzene rings is 3. The number of hydrogen-bond donors (Lipinski definition) is 3. The van der Waals surface area contributed by atoms with Crippen molar-refractivity contribution in [3.05, 3.63) is 83.9 Å². The van der Waals surface area contributed by atoms with Crippen molar-refractivity contribution in [2.75, 3.05) is 17.2 Å². The van der Waals surface area contributed by atoms with Crippen LogP contribution in [0, 0.1) is 0 Å². The molecule has 1 fully saturated rings. The van der Waals surface area contributed by atoms with Crippen molar-refractivity contribution >= 4 is 29.3 Å². The highest BCUT2D eigenvalue weighted by atomic mass is 16.4. The number of anilines is 2. The second-order valence-electron chi connectivity index (χ2n) is 9.01. The number of carboxylic acids is 1. The quantitative estimate of drug-likeness (QED) is 0.422. The normalized spacial score (nSPS) is 15.2. The van der Waals surface area contributed by atoms with E-state index in [1.54, 1.807) is 41.3 Å². The van der Waals surface area contributed by atoms with Crippen molar-refractivity contribution in [1.82, 2.24) is 4.90 Å². The average Bonchev–Trinajstić information content (AvgIpc) is 3.35. The number of likely N-dealkylation sites (tertiary alicyclic amines) is 1. The van der Waals surface area contributed by atoms with Crippen LogP contribution in [0.15, 0.2) is 72.8 Å². The molecule has 7 heteroatoms. The molecule has 7 nitrogen and oxygen atoms in total. The molecule has 3 aromatic carbocycles. The molecule has 0 aliphatic carbocycles. The van der Waals surface area contributed by atoms with Gasteiger partial charge in [-0.25, -0.2) is 9.59 Å². The Morgan fingerprint density at radius 1 is 0.829 bits per heavy atom. The van der Waals surface area contributed by atoms with Crippen molar-refractivity contribution in [2.24, 2.45) is 0 Å². The second kappa shape index (κ2) is 10.4. The van der Waals surface area contributed by atoms with Gasteiger partial charge in [-0.1, -0.05) is 50.2 Å².